The second kappa shape index (κ2) is 9.95. The summed E-state index contributed by atoms with van der Waals surface area (Å²) in [5.41, 5.74) is 4.60. The molecule has 4 N–H and O–H groups in total. The number of carbonyl (C=O) groups is 1. The van der Waals surface area contributed by atoms with E-state index < -0.39 is 5.60 Å². The molecule has 1 amide bonds. The summed E-state index contributed by atoms with van der Waals surface area (Å²) in [5, 5.41) is 21.0. The lowest BCUT2D eigenvalue weighted by Crippen LogP contribution is -2.41. The van der Waals surface area contributed by atoms with Crippen LogP contribution < -0.4 is 16.0 Å². The van der Waals surface area contributed by atoms with Crippen LogP contribution in [0.25, 0.3) is 5.70 Å². The van der Waals surface area contributed by atoms with E-state index in [1.54, 1.807) is 13.8 Å². The van der Waals surface area contributed by atoms with Crippen molar-refractivity contribution < 1.29 is 14.6 Å². The van der Waals surface area contributed by atoms with E-state index in [9.17, 15) is 9.90 Å². The van der Waals surface area contributed by atoms with Crippen LogP contribution in [0.15, 0.2) is 48.0 Å². The van der Waals surface area contributed by atoms with Crippen molar-refractivity contribution in [1.82, 2.24) is 15.5 Å². The summed E-state index contributed by atoms with van der Waals surface area (Å²) in [7, 11) is 0. The Morgan fingerprint density at radius 3 is 2.53 bits per heavy atom. The standard InChI is InChI=1S/C28H35N5O3/c1-18(31-27-29-11-12-30-27)20-9-10-23(22(17-20)28(2,3)35)32-24-6-4-5-21(25(24)19-7-8-19)26(34)33-13-15-36-16-14-33/h4-6,9-10,17,19,32,35H,1,7-8,11-16H2,2-3H3,(H2,29,30,31). The van der Waals surface area contributed by atoms with Gasteiger partial charge in [0, 0.05) is 54.2 Å². The molecule has 2 saturated heterocycles. The molecule has 3 fully saturated rings. The van der Waals surface area contributed by atoms with Crippen molar-refractivity contribution in [3.8, 4) is 0 Å². The molecule has 2 aliphatic heterocycles. The van der Waals surface area contributed by atoms with Gasteiger partial charge in [-0.1, -0.05) is 18.7 Å². The van der Waals surface area contributed by atoms with Gasteiger partial charge in [0.15, 0.2) is 5.96 Å². The summed E-state index contributed by atoms with van der Waals surface area (Å²) in [6.45, 7) is 11.7. The molecule has 1 saturated carbocycles. The molecule has 0 bridgehead atoms. The van der Waals surface area contributed by atoms with E-state index in [0.29, 0.717) is 43.9 Å². The molecule has 8 nitrogen and oxygen atoms in total. The fourth-order valence-electron chi connectivity index (χ4n) is 4.80. The quantitative estimate of drug-likeness (QED) is 0.475. The largest absolute Gasteiger partial charge is 0.386 e. The van der Waals surface area contributed by atoms with Gasteiger partial charge in [0.2, 0.25) is 0 Å². The van der Waals surface area contributed by atoms with Gasteiger partial charge in [0.05, 0.1) is 24.5 Å². The summed E-state index contributed by atoms with van der Waals surface area (Å²) in [6.07, 6.45) is 2.14. The van der Waals surface area contributed by atoms with E-state index in [0.717, 1.165) is 59.6 Å². The molecule has 0 spiro atoms. The number of nitrogens with zero attached hydrogens (tertiary/aromatic N) is 2. The lowest BCUT2D eigenvalue weighted by Gasteiger charge is -2.28. The highest BCUT2D eigenvalue weighted by Crippen LogP contribution is 2.46. The van der Waals surface area contributed by atoms with Crippen LogP contribution in [0.3, 0.4) is 0 Å². The minimum atomic E-state index is -1.10. The molecule has 0 radical (unpaired) electrons. The van der Waals surface area contributed by atoms with Gasteiger partial charge in [-0.2, -0.15) is 0 Å². The number of morpholine rings is 1. The van der Waals surface area contributed by atoms with E-state index in [-0.39, 0.29) is 5.91 Å². The van der Waals surface area contributed by atoms with Crippen LogP contribution in [0.1, 0.15) is 59.7 Å². The van der Waals surface area contributed by atoms with Gasteiger partial charge in [-0.25, -0.2) is 4.99 Å². The fraction of sp³-hybridized carbons (Fsp3) is 0.429. The molecular weight excluding hydrogens is 454 g/mol. The topological polar surface area (TPSA) is 98.2 Å². The molecule has 8 heteroatoms. The minimum Gasteiger partial charge on any atom is -0.386 e. The van der Waals surface area contributed by atoms with Gasteiger partial charge in [-0.05, 0) is 62.4 Å². The number of benzene rings is 2. The first-order chi connectivity index (χ1) is 17.3. The highest BCUT2D eigenvalue weighted by Gasteiger charge is 2.33. The Hall–Kier alpha value is -3.36. The minimum absolute atomic E-state index is 0.0615. The number of rotatable bonds is 7. The maximum absolute atomic E-state index is 13.4. The highest BCUT2D eigenvalue weighted by atomic mass is 16.5. The van der Waals surface area contributed by atoms with Crippen molar-refractivity contribution in [3.63, 3.8) is 0 Å². The summed E-state index contributed by atoms with van der Waals surface area (Å²) >= 11 is 0. The molecular formula is C28H35N5O3. The number of aliphatic imine (C=N–C) groups is 1. The van der Waals surface area contributed by atoms with Crippen LogP contribution in [0.4, 0.5) is 11.4 Å². The number of amides is 1. The van der Waals surface area contributed by atoms with Crippen molar-refractivity contribution in [2.75, 3.05) is 44.7 Å². The van der Waals surface area contributed by atoms with Gasteiger partial charge in [-0.3, -0.25) is 4.79 Å². The molecule has 0 aromatic heterocycles. The third-order valence-electron chi connectivity index (χ3n) is 6.86. The zero-order valence-electron chi connectivity index (χ0n) is 21.1. The first-order valence-electron chi connectivity index (χ1n) is 12.7. The lowest BCUT2D eigenvalue weighted by molar-refractivity contribution is 0.0302. The number of hydrogen-bond acceptors (Lipinski definition) is 5. The van der Waals surface area contributed by atoms with E-state index >= 15 is 0 Å². The third kappa shape index (κ3) is 5.24. The van der Waals surface area contributed by atoms with Gasteiger partial charge in [-0.15, -0.1) is 0 Å². The molecule has 2 aromatic rings. The van der Waals surface area contributed by atoms with Gasteiger partial charge >= 0.3 is 0 Å². The maximum atomic E-state index is 13.4. The normalized spacial score (nSPS) is 17.9. The Morgan fingerprint density at radius 1 is 1.14 bits per heavy atom. The van der Waals surface area contributed by atoms with E-state index in [4.69, 9.17) is 4.74 Å². The highest BCUT2D eigenvalue weighted by molar-refractivity contribution is 5.98. The Morgan fingerprint density at radius 2 is 1.86 bits per heavy atom. The number of carbonyl (C=O) groups excluding carboxylic acids is 1. The zero-order chi connectivity index (χ0) is 25.3. The second-order valence-corrected chi connectivity index (χ2v) is 10.2. The predicted octanol–water partition coefficient (Wildman–Crippen LogP) is 3.53. The number of hydrogen-bond donors (Lipinski definition) is 4. The van der Waals surface area contributed by atoms with Crippen molar-refractivity contribution in [2.24, 2.45) is 4.99 Å². The predicted molar refractivity (Wildman–Crippen MR) is 143 cm³/mol. The number of anilines is 2. The number of guanidine groups is 1. The fourth-order valence-corrected chi connectivity index (χ4v) is 4.80. The Bertz CT molecular complexity index is 1180. The molecule has 5 rings (SSSR count). The molecule has 36 heavy (non-hydrogen) atoms. The average Bonchev–Trinajstić information content (AvgIpc) is 3.58. The monoisotopic (exact) mass is 489 g/mol. The van der Waals surface area contributed by atoms with Crippen LogP contribution >= 0.6 is 0 Å². The van der Waals surface area contributed by atoms with Crippen molar-refractivity contribution in [2.45, 2.75) is 38.2 Å². The van der Waals surface area contributed by atoms with Crippen molar-refractivity contribution in [1.29, 1.82) is 0 Å². The van der Waals surface area contributed by atoms with Crippen LogP contribution in [-0.4, -0.2) is 61.3 Å². The maximum Gasteiger partial charge on any atom is 0.254 e. The molecule has 0 unspecified atom stereocenters. The van der Waals surface area contributed by atoms with Crippen LogP contribution in [0.5, 0.6) is 0 Å². The van der Waals surface area contributed by atoms with Gasteiger partial charge in [0.1, 0.15) is 0 Å². The Labute approximate surface area is 212 Å². The van der Waals surface area contributed by atoms with E-state index in [1.807, 2.05) is 41.3 Å². The Balaban J connectivity index is 1.48. The molecule has 2 aromatic carbocycles. The average molecular weight is 490 g/mol. The summed E-state index contributed by atoms with van der Waals surface area (Å²) in [6, 6.07) is 11.7. The SMILES string of the molecule is C=C(N=C1NCCN1)c1ccc(Nc2cccc(C(=O)N3CCOCC3)c2C2CC2)c(C(C)(C)O)c1. The van der Waals surface area contributed by atoms with Gasteiger partial charge < -0.3 is 30.7 Å². The van der Waals surface area contributed by atoms with Crippen molar-refractivity contribution in [3.05, 3.63) is 65.2 Å². The zero-order valence-corrected chi connectivity index (χ0v) is 21.1. The lowest BCUT2D eigenvalue weighted by atomic mass is 9.93. The molecule has 3 aliphatic rings. The first-order valence-corrected chi connectivity index (χ1v) is 12.7. The van der Waals surface area contributed by atoms with Crippen LogP contribution in [0, 0.1) is 0 Å². The van der Waals surface area contributed by atoms with Crippen molar-refractivity contribution >= 4 is 28.9 Å². The summed E-state index contributed by atoms with van der Waals surface area (Å²) in [4.78, 5) is 19.8. The van der Waals surface area contributed by atoms with Crippen LogP contribution in [0.2, 0.25) is 0 Å². The number of nitrogens with one attached hydrogen (secondary N) is 3. The number of aliphatic hydroxyl groups is 1. The van der Waals surface area contributed by atoms with E-state index in [1.165, 1.54) is 0 Å². The second-order valence-electron chi connectivity index (χ2n) is 10.2. The van der Waals surface area contributed by atoms with Crippen LogP contribution in [-0.2, 0) is 10.3 Å². The third-order valence-corrected chi connectivity index (χ3v) is 6.86. The van der Waals surface area contributed by atoms with Gasteiger partial charge in [0.25, 0.3) is 5.91 Å². The van der Waals surface area contributed by atoms with E-state index in [2.05, 4.69) is 27.5 Å². The molecule has 0 atom stereocenters. The smallest absolute Gasteiger partial charge is 0.254 e. The molecule has 1 aliphatic carbocycles. The first kappa shape index (κ1) is 24.3. The summed E-state index contributed by atoms with van der Waals surface area (Å²) < 4.78 is 5.44. The number of ether oxygens (including phenoxy) is 1. The molecule has 2 heterocycles. The molecule has 190 valence electrons. The Kier molecular flexibility index (Phi) is 6.73. The summed E-state index contributed by atoms with van der Waals surface area (Å²) in [5.74, 6) is 1.13.